The Morgan fingerprint density at radius 3 is 2.50 bits per heavy atom. The second-order valence-corrected chi connectivity index (χ2v) is 7.27. The SMILES string of the molecule is COc1ccc(OCC2(c3ccc(Cl)c(Cl)c3)CCN(C(=O)O)CCO2)cc1. The predicted molar refractivity (Wildman–Crippen MR) is 107 cm³/mol. The molecule has 1 unspecified atom stereocenters. The second kappa shape index (κ2) is 8.90. The Morgan fingerprint density at radius 2 is 1.86 bits per heavy atom. The Balaban J connectivity index is 1.87. The van der Waals surface area contributed by atoms with Crippen molar-refractivity contribution < 1.29 is 24.1 Å². The largest absolute Gasteiger partial charge is 0.497 e. The average molecular weight is 426 g/mol. The van der Waals surface area contributed by atoms with Crippen LogP contribution in [0.3, 0.4) is 0 Å². The molecule has 0 aromatic heterocycles. The number of methoxy groups -OCH3 is 1. The lowest BCUT2D eigenvalue weighted by atomic mass is 9.90. The Bertz CT molecular complexity index is 830. The molecule has 8 heteroatoms. The highest BCUT2D eigenvalue weighted by Gasteiger charge is 2.38. The van der Waals surface area contributed by atoms with E-state index in [2.05, 4.69) is 0 Å². The molecule has 6 nitrogen and oxygen atoms in total. The zero-order valence-corrected chi connectivity index (χ0v) is 16.9. The van der Waals surface area contributed by atoms with Crippen molar-refractivity contribution in [3.8, 4) is 11.5 Å². The Hall–Kier alpha value is -2.15. The number of nitrogens with zero attached hydrogens (tertiary/aromatic N) is 1. The van der Waals surface area contributed by atoms with Crippen LogP contribution in [0.1, 0.15) is 12.0 Å². The summed E-state index contributed by atoms with van der Waals surface area (Å²) in [6, 6.07) is 12.5. The van der Waals surface area contributed by atoms with Crippen LogP contribution >= 0.6 is 23.2 Å². The summed E-state index contributed by atoms with van der Waals surface area (Å²) in [4.78, 5) is 12.7. The molecule has 1 aliphatic rings. The maximum atomic E-state index is 11.4. The van der Waals surface area contributed by atoms with Gasteiger partial charge in [0.25, 0.3) is 0 Å². The molecule has 3 rings (SSSR count). The molecular weight excluding hydrogens is 405 g/mol. The van der Waals surface area contributed by atoms with E-state index in [4.69, 9.17) is 37.4 Å². The van der Waals surface area contributed by atoms with Gasteiger partial charge in [0.15, 0.2) is 0 Å². The van der Waals surface area contributed by atoms with Gasteiger partial charge in [0.1, 0.15) is 23.7 Å². The number of hydrogen-bond donors (Lipinski definition) is 1. The molecule has 1 heterocycles. The van der Waals surface area contributed by atoms with Crippen LogP contribution in [0.5, 0.6) is 11.5 Å². The minimum atomic E-state index is -0.968. The van der Waals surface area contributed by atoms with Crippen LogP contribution in [0.15, 0.2) is 42.5 Å². The van der Waals surface area contributed by atoms with E-state index < -0.39 is 11.7 Å². The molecule has 0 radical (unpaired) electrons. The summed E-state index contributed by atoms with van der Waals surface area (Å²) in [5, 5.41) is 10.2. The summed E-state index contributed by atoms with van der Waals surface area (Å²) in [5.41, 5.74) is -0.0547. The number of carboxylic acid groups (broad SMARTS) is 1. The first-order chi connectivity index (χ1) is 13.4. The normalized spacial score (nSPS) is 19.8. The van der Waals surface area contributed by atoms with Crippen molar-refractivity contribution >= 4 is 29.3 Å². The average Bonchev–Trinajstić information content (AvgIpc) is 2.92. The zero-order valence-electron chi connectivity index (χ0n) is 15.4. The molecule has 150 valence electrons. The van der Waals surface area contributed by atoms with Crippen LogP contribution in [0, 0.1) is 0 Å². The van der Waals surface area contributed by atoms with E-state index in [1.807, 2.05) is 18.2 Å². The number of carbonyl (C=O) groups is 1. The van der Waals surface area contributed by atoms with Crippen molar-refractivity contribution in [2.45, 2.75) is 12.0 Å². The van der Waals surface area contributed by atoms with Crippen molar-refractivity contribution in [3.05, 3.63) is 58.1 Å². The summed E-state index contributed by atoms with van der Waals surface area (Å²) in [7, 11) is 1.60. The molecular formula is C20H21Cl2NO5. The van der Waals surface area contributed by atoms with E-state index in [-0.39, 0.29) is 13.2 Å². The van der Waals surface area contributed by atoms with Gasteiger partial charge in [-0.15, -0.1) is 0 Å². The van der Waals surface area contributed by atoms with Crippen LogP contribution < -0.4 is 9.47 Å². The third-order valence-corrected chi connectivity index (χ3v) is 5.51. The number of halogens is 2. The molecule has 1 saturated heterocycles. The number of ether oxygens (including phenoxy) is 3. The van der Waals surface area contributed by atoms with Gasteiger partial charge >= 0.3 is 6.09 Å². The van der Waals surface area contributed by atoms with Gasteiger partial charge in [-0.1, -0.05) is 29.3 Å². The van der Waals surface area contributed by atoms with Crippen LogP contribution in [-0.2, 0) is 10.3 Å². The van der Waals surface area contributed by atoms with Gasteiger partial charge < -0.3 is 24.2 Å². The highest BCUT2D eigenvalue weighted by Crippen LogP contribution is 2.36. The molecule has 1 atom stereocenters. The summed E-state index contributed by atoms with van der Waals surface area (Å²) >= 11 is 12.3. The number of hydrogen-bond acceptors (Lipinski definition) is 4. The lowest BCUT2D eigenvalue weighted by Gasteiger charge is -2.33. The van der Waals surface area contributed by atoms with Gasteiger partial charge in [-0.05, 0) is 42.0 Å². The number of amides is 1. The maximum Gasteiger partial charge on any atom is 0.407 e. The van der Waals surface area contributed by atoms with Crippen molar-refractivity contribution in [2.24, 2.45) is 0 Å². The monoisotopic (exact) mass is 425 g/mol. The molecule has 1 N–H and O–H groups in total. The van der Waals surface area contributed by atoms with Crippen LogP contribution in [0.25, 0.3) is 0 Å². The van der Waals surface area contributed by atoms with Gasteiger partial charge in [0.05, 0.1) is 23.8 Å². The Morgan fingerprint density at radius 1 is 1.14 bits per heavy atom. The topological polar surface area (TPSA) is 68.2 Å². The molecule has 2 aromatic rings. The van der Waals surface area contributed by atoms with E-state index in [1.165, 1.54) is 4.90 Å². The molecule has 0 spiro atoms. The van der Waals surface area contributed by atoms with Gasteiger partial charge in [0.2, 0.25) is 0 Å². The van der Waals surface area contributed by atoms with Crippen molar-refractivity contribution in [1.29, 1.82) is 0 Å². The lowest BCUT2D eigenvalue weighted by Crippen LogP contribution is -2.37. The van der Waals surface area contributed by atoms with E-state index in [0.717, 1.165) is 11.3 Å². The van der Waals surface area contributed by atoms with Crippen molar-refractivity contribution in [3.63, 3.8) is 0 Å². The fraction of sp³-hybridized carbons (Fsp3) is 0.350. The minimum absolute atomic E-state index is 0.199. The predicted octanol–water partition coefficient (Wildman–Crippen LogP) is 4.68. The maximum absolute atomic E-state index is 11.4. The zero-order chi connectivity index (χ0) is 20.1. The summed E-state index contributed by atoms with van der Waals surface area (Å²) in [6.45, 7) is 1.06. The van der Waals surface area contributed by atoms with Gasteiger partial charge in [0, 0.05) is 19.5 Å². The Kier molecular flexibility index (Phi) is 6.54. The minimum Gasteiger partial charge on any atom is -0.497 e. The number of benzene rings is 2. The quantitative estimate of drug-likeness (QED) is 0.752. The highest BCUT2D eigenvalue weighted by atomic mass is 35.5. The first-order valence-electron chi connectivity index (χ1n) is 8.78. The van der Waals surface area contributed by atoms with Gasteiger partial charge in [-0.3, -0.25) is 0 Å². The van der Waals surface area contributed by atoms with Crippen LogP contribution in [0.2, 0.25) is 10.0 Å². The fourth-order valence-corrected chi connectivity index (χ4v) is 3.42. The first-order valence-corrected chi connectivity index (χ1v) is 9.53. The summed E-state index contributed by atoms with van der Waals surface area (Å²) in [5.74, 6) is 1.39. The van der Waals surface area contributed by atoms with E-state index in [1.54, 1.807) is 31.4 Å². The number of rotatable bonds is 5. The molecule has 1 amide bonds. The van der Waals surface area contributed by atoms with Gasteiger partial charge in [-0.2, -0.15) is 0 Å². The summed E-state index contributed by atoms with van der Waals surface area (Å²) < 4.78 is 17.3. The van der Waals surface area contributed by atoms with Gasteiger partial charge in [-0.25, -0.2) is 4.79 Å². The second-order valence-electron chi connectivity index (χ2n) is 6.46. The fourth-order valence-electron chi connectivity index (χ4n) is 3.12. The Labute approximate surface area is 173 Å². The molecule has 0 bridgehead atoms. The summed E-state index contributed by atoms with van der Waals surface area (Å²) in [6.07, 6.45) is -0.544. The highest BCUT2D eigenvalue weighted by molar-refractivity contribution is 6.42. The molecule has 2 aromatic carbocycles. The molecule has 28 heavy (non-hydrogen) atoms. The third kappa shape index (κ3) is 4.63. The van der Waals surface area contributed by atoms with E-state index in [0.29, 0.717) is 35.3 Å². The lowest BCUT2D eigenvalue weighted by molar-refractivity contribution is -0.0726. The van der Waals surface area contributed by atoms with E-state index in [9.17, 15) is 9.90 Å². The van der Waals surface area contributed by atoms with E-state index >= 15 is 0 Å². The first kappa shape index (κ1) is 20.6. The van der Waals surface area contributed by atoms with Crippen molar-refractivity contribution in [1.82, 2.24) is 4.90 Å². The smallest absolute Gasteiger partial charge is 0.407 e. The standard InChI is InChI=1S/C20H21Cl2NO5/c1-26-15-3-5-16(6-4-15)27-13-20(14-2-7-17(21)18(22)12-14)8-9-23(19(24)25)10-11-28-20/h2-7,12H,8-11,13H2,1H3,(H,24,25). The van der Waals surface area contributed by atoms with Crippen LogP contribution in [0.4, 0.5) is 4.79 Å². The van der Waals surface area contributed by atoms with Crippen molar-refractivity contribution in [2.75, 3.05) is 33.4 Å². The third-order valence-electron chi connectivity index (χ3n) is 4.77. The molecule has 0 saturated carbocycles. The molecule has 0 aliphatic carbocycles. The van der Waals surface area contributed by atoms with Crippen LogP contribution in [-0.4, -0.2) is 49.5 Å². The molecule has 1 aliphatic heterocycles. The molecule has 1 fully saturated rings.